The van der Waals surface area contributed by atoms with Gasteiger partial charge in [-0.25, -0.2) is 0 Å². The van der Waals surface area contributed by atoms with E-state index < -0.39 is 0 Å². The van der Waals surface area contributed by atoms with Crippen molar-refractivity contribution in [3.8, 4) is 0 Å². The molecule has 3 heteroatoms. The van der Waals surface area contributed by atoms with Crippen LogP contribution in [0.3, 0.4) is 0 Å². The van der Waals surface area contributed by atoms with Crippen molar-refractivity contribution in [2.45, 2.75) is 70.5 Å². The number of piperidine rings is 1. The summed E-state index contributed by atoms with van der Waals surface area (Å²) in [5, 5.41) is 3.92. The Labute approximate surface area is 125 Å². The zero-order valence-electron chi connectivity index (χ0n) is 13.5. The molecular formula is C17H33N3. The Morgan fingerprint density at radius 1 is 1.00 bits per heavy atom. The molecular weight excluding hydrogens is 246 g/mol. The van der Waals surface area contributed by atoms with Crippen molar-refractivity contribution in [1.29, 1.82) is 0 Å². The van der Waals surface area contributed by atoms with E-state index in [1.54, 1.807) is 0 Å². The third-order valence-corrected chi connectivity index (χ3v) is 5.82. The summed E-state index contributed by atoms with van der Waals surface area (Å²) in [4.78, 5) is 5.45. The number of rotatable bonds is 5. The second-order valence-corrected chi connectivity index (χ2v) is 7.52. The number of likely N-dealkylation sites (tertiary alicyclic amines) is 1. The van der Waals surface area contributed by atoms with Crippen LogP contribution in [-0.2, 0) is 0 Å². The number of nitrogens with zero attached hydrogens (tertiary/aromatic N) is 2. The summed E-state index contributed by atoms with van der Waals surface area (Å²) in [5.74, 6) is 0.771. The summed E-state index contributed by atoms with van der Waals surface area (Å²) in [6, 6.07) is 2.42. The minimum Gasteiger partial charge on any atom is -0.312 e. The third kappa shape index (κ3) is 3.37. The first-order valence-corrected chi connectivity index (χ1v) is 8.95. The molecule has 3 unspecified atom stereocenters. The molecule has 3 nitrogen and oxygen atoms in total. The maximum Gasteiger partial charge on any atom is 0.0243 e. The lowest BCUT2D eigenvalue weighted by atomic mass is 9.96. The molecule has 3 aliphatic heterocycles. The first-order valence-electron chi connectivity index (χ1n) is 8.95. The van der Waals surface area contributed by atoms with Gasteiger partial charge in [-0.2, -0.15) is 0 Å². The van der Waals surface area contributed by atoms with E-state index in [0.717, 1.165) is 24.0 Å². The van der Waals surface area contributed by atoms with E-state index in [0.29, 0.717) is 0 Å². The molecule has 3 atom stereocenters. The average molecular weight is 279 g/mol. The Bertz CT molecular complexity index is 299. The summed E-state index contributed by atoms with van der Waals surface area (Å²) in [6.07, 6.45) is 8.44. The molecule has 0 aromatic heterocycles. The van der Waals surface area contributed by atoms with Crippen LogP contribution >= 0.6 is 0 Å². The van der Waals surface area contributed by atoms with Gasteiger partial charge in [0.2, 0.25) is 0 Å². The fourth-order valence-corrected chi connectivity index (χ4v) is 4.56. The van der Waals surface area contributed by atoms with E-state index >= 15 is 0 Å². The molecule has 3 fully saturated rings. The smallest absolute Gasteiger partial charge is 0.0243 e. The summed E-state index contributed by atoms with van der Waals surface area (Å²) in [7, 11) is 0. The van der Waals surface area contributed by atoms with Crippen LogP contribution in [0.1, 0.15) is 52.4 Å². The molecule has 3 rings (SSSR count). The second-order valence-electron chi connectivity index (χ2n) is 7.52. The topological polar surface area (TPSA) is 18.5 Å². The molecule has 0 aromatic carbocycles. The maximum absolute atomic E-state index is 3.92. The van der Waals surface area contributed by atoms with E-state index in [9.17, 15) is 0 Å². The van der Waals surface area contributed by atoms with Gasteiger partial charge in [0.05, 0.1) is 0 Å². The van der Waals surface area contributed by atoms with Gasteiger partial charge in [0.1, 0.15) is 0 Å². The van der Waals surface area contributed by atoms with Gasteiger partial charge in [0, 0.05) is 24.7 Å². The van der Waals surface area contributed by atoms with E-state index in [-0.39, 0.29) is 0 Å². The van der Waals surface area contributed by atoms with Crippen molar-refractivity contribution in [2.24, 2.45) is 5.92 Å². The minimum atomic E-state index is 0.749. The molecule has 0 radical (unpaired) electrons. The zero-order chi connectivity index (χ0) is 13.9. The quantitative estimate of drug-likeness (QED) is 0.833. The van der Waals surface area contributed by atoms with Gasteiger partial charge in [-0.1, -0.05) is 13.8 Å². The second kappa shape index (κ2) is 6.76. The van der Waals surface area contributed by atoms with Gasteiger partial charge in [0.15, 0.2) is 0 Å². The molecule has 0 aromatic rings. The molecule has 3 heterocycles. The monoisotopic (exact) mass is 279 g/mol. The highest BCUT2D eigenvalue weighted by Gasteiger charge is 2.32. The highest BCUT2D eigenvalue weighted by atomic mass is 15.2. The fraction of sp³-hybridized carbons (Fsp3) is 1.00. The van der Waals surface area contributed by atoms with Gasteiger partial charge >= 0.3 is 0 Å². The Morgan fingerprint density at radius 3 is 2.55 bits per heavy atom. The third-order valence-electron chi connectivity index (χ3n) is 5.82. The predicted molar refractivity (Wildman–Crippen MR) is 85.1 cm³/mol. The van der Waals surface area contributed by atoms with E-state index in [1.165, 1.54) is 71.2 Å². The predicted octanol–water partition coefficient (Wildman–Crippen LogP) is 2.32. The van der Waals surface area contributed by atoms with E-state index in [2.05, 4.69) is 29.0 Å². The van der Waals surface area contributed by atoms with Gasteiger partial charge in [-0.05, 0) is 70.6 Å². The fourth-order valence-electron chi connectivity index (χ4n) is 4.56. The van der Waals surface area contributed by atoms with Crippen molar-refractivity contribution >= 4 is 0 Å². The van der Waals surface area contributed by atoms with Crippen LogP contribution in [0, 0.1) is 5.92 Å². The van der Waals surface area contributed by atoms with Crippen molar-refractivity contribution < 1.29 is 0 Å². The summed E-state index contributed by atoms with van der Waals surface area (Å²) in [6.45, 7) is 11.3. The van der Waals surface area contributed by atoms with Crippen LogP contribution in [-0.4, -0.2) is 60.6 Å². The van der Waals surface area contributed by atoms with Crippen molar-refractivity contribution in [1.82, 2.24) is 15.1 Å². The SMILES string of the molecule is CC(C)C(CNC1CCN2CCCC2C1)N1CCCC1. The van der Waals surface area contributed by atoms with E-state index in [4.69, 9.17) is 0 Å². The van der Waals surface area contributed by atoms with Crippen LogP contribution in [0.25, 0.3) is 0 Å². The van der Waals surface area contributed by atoms with Crippen LogP contribution in [0.2, 0.25) is 0 Å². The molecule has 0 spiro atoms. The molecule has 20 heavy (non-hydrogen) atoms. The van der Waals surface area contributed by atoms with Gasteiger partial charge in [0.25, 0.3) is 0 Å². The number of hydrogen-bond acceptors (Lipinski definition) is 3. The normalized spacial score (nSPS) is 33.8. The molecule has 0 bridgehead atoms. The van der Waals surface area contributed by atoms with Crippen LogP contribution in [0.4, 0.5) is 0 Å². The molecule has 3 aliphatic rings. The summed E-state index contributed by atoms with van der Waals surface area (Å²) in [5.41, 5.74) is 0. The summed E-state index contributed by atoms with van der Waals surface area (Å²) < 4.78 is 0. The minimum absolute atomic E-state index is 0.749. The Kier molecular flexibility index (Phi) is 5.00. The zero-order valence-corrected chi connectivity index (χ0v) is 13.5. The van der Waals surface area contributed by atoms with Crippen LogP contribution in [0.5, 0.6) is 0 Å². The van der Waals surface area contributed by atoms with Gasteiger partial charge in [-0.3, -0.25) is 4.90 Å². The van der Waals surface area contributed by atoms with E-state index in [1.807, 2.05) is 0 Å². The van der Waals surface area contributed by atoms with Crippen molar-refractivity contribution in [3.05, 3.63) is 0 Å². The first kappa shape index (κ1) is 14.8. The molecule has 3 saturated heterocycles. The van der Waals surface area contributed by atoms with Crippen molar-refractivity contribution in [2.75, 3.05) is 32.7 Å². The average Bonchev–Trinajstić information content (AvgIpc) is 3.08. The first-order chi connectivity index (χ1) is 9.74. The van der Waals surface area contributed by atoms with Crippen LogP contribution < -0.4 is 5.32 Å². The lowest BCUT2D eigenvalue weighted by molar-refractivity contribution is 0.145. The highest BCUT2D eigenvalue weighted by Crippen LogP contribution is 2.27. The molecule has 1 N–H and O–H groups in total. The van der Waals surface area contributed by atoms with Gasteiger partial charge in [-0.15, -0.1) is 0 Å². The maximum atomic E-state index is 3.92. The Morgan fingerprint density at radius 2 is 1.80 bits per heavy atom. The lowest BCUT2D eigenvalue weighted by Crippen LogP contribution is -2.50. The number of hydrogen-bond donors (Lipinski definition) is 1. The Balaban J connectivity index is 1.47. The Hall–Kier alpha value is -0.120. The molecule has 0 saturated carbocycles. The highest BCUT2D eigenvalue weighted by molar-refractivity contribution is 4.90. The lowest BCUT2D eigenvalue weighted by Gasteiger charge is -2.37. The standard InChI is InChI=1S/C17H33N3/c1-14(2)17(20-8-3-4-9-20)13-18-15-7-11-19-10-5-6-16(19)12-15/h14-18H,3-13H2,1-2H3. The van der Waals surface area contributed by atoms with Crippen LogP contribution in [0.15, 0.2) is 0 Å². The summed E-state index contributed by atoms with van der Waals surface area (Å²) >= 11 is 0. The number of nitrogens with one attached hydrogen (secondary N) is 1. The molecule has 0 amide bonds. The van der Waals surface area contributed by atoms with Crippen molar-refractivity contribution in [3.63, 3.8) is 0 Å². The van der Waals surface area contributed by atoms with Gasteiger partial charge < -0.3 is 10.2 Å². The largest absolute Gasteiger partial charge is 0.312 e. The molecule has 116 valence electrons. The molecule has 0 aliphatic carbocycles. The number of fused-ring (bicyclic) bond motifs is 1.